The molecule has 0 atom stereocenters. The number of nitrogens with zero attached hydrogens (tertiary/aromatic N) is 1. The van der Waals surface area contributed by atoms with Crippen molar-refractivity contribution in [3.8, 4) is 11.3 Å². The zero-order valence-corrected chi connectivity index (χ0v) is 11.3. The Morgan fingerprint density at radius 3 is 2.50 bits per heavy atom. The lowest BCUT2D eigenvalue weighted by Gasteiger charge is -2.11. The molecule has 84 valence electrons. The van der Waals surface area contributed by atoms with E-state index in [1.165, 1.54) is 21.4 Å². The topological polar surface area (TPSA) is 4.93 Å². The molecule has 2 heteroatoms. The van der Waals surface area contributed by atoms with Gasteiger partial charge in [0.2, 0.25) is 0 Å². The first-order valence-corrected chi connectivity index (χ1v) is 6.44. The van der Waals surface area contributed by atoms with Gasteiger partial charge >= 0.3 is 0 Å². The van der Waals surface area contributed by atoms with Gasteiger partial charge in [-0.2, -0.15) is 0 Å². The van der Waals surface area contributed by atoms with Gasteiger partial charge in [-0.25, -0.2) is 0 Å². The van der Waals surface area contributed by atoms with Crippen molar-refractivity contribution in [1.29, 1.82) is 0 Å². The maximum absolute atomic E-state index is 3.65. The second-order valence-electron chi connectivity index (χ2n) is 4.00. The Kier molecular flexibility index (Phi) is 3.49. The van der Waals surface area contributed by atoms with Crippen LogP contribution in [0.15, 0.2) is 40.9 Å². The second-order valence-corrected chi connectivity index (χ2v) is 4.85. The standard InChI is InChI=1S/C14H16BrN/c1-3-9-16-11(2)10-13(15)14(16)12-7-5-4-6-8-12/h4-8,10H,3,9H2,1-2H3. The molecule has 1 aromatic heterocycles. The summed E-state index contributed by atoms with van der Waals surface area (Å²) >= 11 is 3.65. The average Bonchev–Trinajstić information content (AvgIpc) is 2.56. The van der Waals surface area contributed by atoms with Crippen LogP contribution in [0.25, 0.3) is 11.3 Å². The summed E-state index contributed by atoms with van der Waals surface area (Å²) < 4.78 is 3.56. The molecule has 1 nitrogen and oxygen atoms in total. The van der Waals surface area contributed by atoms with Gasteiger partial charge in [0.25, 0.3) is 0 Å². The van der Waals surface area contributed by atoms with Crippen LogP contribution in [0.2, 0.25) is 0 Å². The Morgan fingerprint density at radius 1 is 1.19 bits per heavy atom. The number of aryl methyl sites for hydroxylation is 1. The predicted octanol–water partition coefficient (Wildman–Crippen LogP) is 4.64. The molecule has 0 spiro atoms. The monoisotopic (exact) mass is 277 g/mol. The van der Waals surface area contributed by atoms with Crippen molar-refractivity contribution < 1.29 is 0 Å². The van der Waals surface area contributed by atoms with Crippen molar-refractivity contribution in [1.82, 2.24) is 4.57 Å². The summed E-state index contributed by atoms with van der Waals surface area (Å²) in [5.41, 5.74) is 3.88. The molecule has 0 radical (unpaired) electrons. The van der Waals surface area contributed by atoms with Crippen LogP contribution in [0, 0.1) is 6.92 Å². The van der Waals surface area contributed by atoms with E-state index in [-0.39, 0.29) is 0 Å². The molecule has 1 heterocycles. The van der Waals surface area contributed by atoms with Gasteiger partial charge in [0.1, 0.15) is 0 Å². The molecule has 0 aliphatic heterocycles. The summed E-state index contributed by atoms with van der Waals surface area (Å²) in [5.74, 6) is 0. The van der Waals surface area contributed by atoms with E-state index in [2.05, 4.69) is 70.7 Å². The third-order valence-corrected chi connectivity index (χ3v) is 3.36. The van der Waals surface area contributed by atoms with Crippen molar-refractivity contribution in [2.45, 2.75) is 26.8 Å². The minimum absolute atomic E-state index is 1.07. The summed E-state index contributed by atoms with van der Waals surface area (Å²) in [6.07, 6.45) is 1.15. The predicted molar refractivity (Wildman–Crippen MR) is 72.6 cm³/mol. The highest BCUT2D eigenvalue weighted by Gasteiger charge is 2.11. The first-order valence-electron chi connectivity index (χ1n) is 5.65. The molecule has 0 bridgehead atoms. The lowest BCUT2D eigenvalue weighted by molar-refractivity contribution is 0.671. The zero-order valence-electron chi connectivity index (χ0n) is 9.70. The van der Waals surface area contributed by atoms with Gasteiger partial charge < -0.3 is 4.57 Å². The number of hydrogen-bond acceptors (Lipinski definition) is 0. The molecule has 2 aromatic rings. The fourth-order valence-electron chi connectivity index (χ4n) is 2.04. The quantitative estimate of drug-likeness (QED) is 0.771. The molecule has 16 heavy (non-hydrogen) atoms. The van der Waals surface area contributed by atoms with E-state index in [0.717, 1.165) is 13.0 Å². The van der Waals surface area contributed by atoms with Crippen molar-refractivity contribution in [3.05, 3.63) is 46.6 Å². The number of rotatable bonds is 3. The SMILES string of the molecule is CCCn1c(C)cc(Br)c1-c1ccccc1. The summed E-state index contributed by atoms with van der Waals surface area (Å²) in [4.78, 5) is 0. The second kappa shape index (κ2) is 4.88. The van der Waals surface area contributed by atoms with E-state index in [1.807, 2.05) is 0 Å². The van der Waals surface area contributed by atoms with Crippen LogP contribution in [0.5, 0.6) is 0 Å². The number of benzene rings is 1. The lowest BCUT2D eigenvalue weighted by atomic mass is 10.1. The maximum Gasteiger partial charge on any atom is 0.0626 e. The molecule has 0 N–H and O–H groups in total. The molecule has 0 saturated carbocycles. The van der Waals surface area contributed by atoms with Gasteiger partial charge in [-0.05, 0) is 40.9 Å². The lowest BCUT2D eigenvalue weighted by Crippen LogP contribution is -2.01. The average molecular weight is 278 g/mol. The molecule has 0 fully saturated rings. The van der Waals surface area contributed by atoms with Crippen molar-refractivity contribution >= 4 is 15.9 Å². The summed E-state index contributed by atoms with van der Waals surface area (Å²) in [6.45, 7) is 5.44. The minimum Gasteiger partial charge on any atom is -0.344 e. The first-order chi connectivity index (χ1) is 7.74. The maximum atomic E-state index is 3.65. The van der Waals surface area contributed by atoms with E-state index >= 15 is 0 Å². The highest BCUT2D eigenvalue weighted by atomic mass is 79.9. The van der Waals surface area contributed by atoms with Gasteiger partial charge in [-0.1, -0.05) is 37.3 Å². The van der Waals surface area contributed by atoms with E-state index in [1.54, 1.807) is 0 Å². The number of hydrogen-bond donors (Lipinski definition) is 0. The molecular formula is C14H16BrN. The molecule has 0 unspecified atom stereocenters. The molecule has 2 rings (SSSR count). The van der Waals surface area contributed by atoms with E-state index in [0.29, 0.717) is 0 Å². The fraction of sp³-hybridized carbons (Fsp3) is 0.286. The molecular weight excluding hydrogens is 262 g/mol. The van der Waals surface area contributed by atoms with E-state index in [4.69, 9.17) is 0 Å². The van der Waals surface area contributed by atoms with Crippen molar-refractivity contribution in [3.63, 3.8) is 0 Å². The smallest absolute Gasteiger partial charge is 0.0626 e. The molecule has 1 aromatic carbocycles. The van der Waals surface area contributed by atoms with Crippen LogP contribution in [0.4, 0.5) is 0 Å². The van der Waals surface area contributed by atoms with Gasteiger partial charge in [-0.3, -0.25) is 0 Å². The van der Waals surface area contributed by atoms with Crippen molar-refractivity contribution in [2.75, 3.05) is 0 Å². The Bertz CT molecular complexity index is 471. The Balaban J connectivity index is 2.55. The molecule has 0 saturated heterocycles. The molecule has 0 amide bonds. The van der Waals surface area contributed by atoms with Gasteiger partial charge in [0.05, 0.1) is 5.69 Å². The van der Waals surface area contributed by atoms with Crippen LogP contribution in [0.3, 0.4) is 0 Å². The molecule has 0 aliphatic carbocycles. The fourth-order valence-corrected chi connectivity index (χ4v) is 2.81. The number of aromatic nitrogens is 1. The summed E-state index contributed by atoms with van der Waals surface area (Å²) in [6, 6.07) is 12.7. The summed E-state index contributed by atoms with van der Waals surface area (Å²) in [5, 5.41) is 0. The first kappa shape index (κ1) is 11.5. The highest BCUT2D eigenvalue weighted by Crippen LogP contribution is 2.31. The van der Waals surface area contributed by atoms with Crippen LogP contribution in [0.1, 0.15) is 19.0 Å². The molecule has 0 aliphatic rings. The zero-order chi connectivity index (χ0) is 11.5. The third-order valence-electron chi connectivity index (χ3n) is 2.75. The van der Waals surface area contributed by atoms with E-state index in [9.17, 15) is 0 Å². The largest absolute Gasteiger partial charge is 0.344 e. The van der Waals surface area contributed by atoms with Crippen molar-refractivity contribution in [2.24, 2.45) is 0 Å². The minimum atomic E-state index is 1.07. The Labute approximate surface area is 105 Å². The van der Waals surface area contributed by atoms with Gasteiger partial charge in [0, 0.05) is 16.7 Å². The van der Waals surface area contributed by atoms with Crippen LogP contribution in [-0.2, 0) is 6.54 Å². The van der Waals surface area contributed by atoms with Gasteiger partial charge in [0.15, 0.2) is 0 Å². The third kappa shape index (κ3) is 2.07. The highest BCUT2D eigenvalue weighted by molar-refractivity contribution is 9.10. The van der Waals surface area contributed by atoms with Crippen LogP contribution < -0.4 is 0 Å². The number of halogens is 1. The Hall–Kier alpha value is -1.02. The Morgan fingerprint density at radius 2 is 1.88 bits per heavy atom. The van der Waals surface area contributed by atoms with E-state index < -0.39 is 0 Å². The van der Waals surface area contributed by atoms with Gasteiger partial charge in [-0.15, -0.1) is 0 Å². The van der Waals surface area contributed by atoms with Crippen LogP contribution in [-0.4, -0.2) is 4.57 Å². The summed E-state index contributed by atoms with van der Waals surface area (Å²) in [7, 11) is 0. The van der Waals surface area contributed by atoms with Crippen LogP contribution >= 0.6 is 15.9 Å². The normalized spacial score (nSPS) is 10.7.